The van der Waals surface area contributed by atoms with Crippen molar-refractivity contribution in [3.8, 4) is 17.0 Å². The van der Waals surface area contributed by atoms with Crippen LogP contribution >= 0.6 is 0 Å². The molecule has 18 heavy (non-hydrogen) atoms. The number of anilines is 1. The molecule has 0 unspecified atom stereocenters. The summed E-state index contributed by atoms with van der Waals surface area (Å²) in [6, 6.07) is 6.18. The van der Waals surface area contributed by atoms with Crippen LogP contribution in [0.5, 0.6) is 5.75 Å². The van der Waals surface area contributed by atoms with Crippen molar-refractivity contribution in [2.45, 2.75) is 20.0 Å². The zero-order valence-electron chi connectivity index (χ0n) is 10.2. The first-order chi connectivity index (χ1) is 8.58. The van der Waals surface area contributed by atoms with Crippen molar-refractivity contribution in [1.82, 2.24) is 9.97 Å². The smallest absolute Gasteiger partial charge is 0.136 e. The van der Waals surface area contributed by atoms with E-state index in [1.165, 1.54) is 18.5 Å². The van der Waals surface area contributed by atoms with Crippen molar-refractivity contribution >= 4 is 5.82 Å². The number of nitrogens with zero attached hydrogens (tertiary/aromatic N) is 2. The molecule has 2 N–H and O–H groups in total. The molecular weight excluding hydrogens is 233 g/mol. The number of hydrogen-bond acceptors (Lipinski definition) is 4. The standard InChI is InChI=1S/C13H14FN3O/c1-8(2)18-11-5-3-4-9(14)13(11)10-6-12(15)17-7-16-10/h3-8H,1-2H3,(H2,15,16,17). The van der Waals surface area contributed by atoms with Crippen LogP contribution in [0.3, 0.4) is 0 Å². The lowest BCUT2D eigenvalue weighted by atomic mass is 10.1. The Bertz CT molecular complexity index is 558. The second kappa shape index (κ2) is 5.00. The van der Waals surface area contributed by atoms with Crippen molar-refractivity contribution in [1.29, 1.82) is 0 Å². The summed E-state index contributed by atoms with van der Waals surface area (Å²) >= 11 is 0. The highest BCUT2D eigenvalue weighted by Crippen LogP contribution is 2.32. The fourth-order valence-corrected chi connectivity index (χ4v) is 1.61. The zero-order valence-corrected chi connectivity index (χ0v) is 10.2. The molecule has 1 aromatic carbocycles. The maximum atomic E-state index is 13.9. The van der Waals surface area contributed by atoms with Gasteiger partial charge in [-0.1, -0.05) is 6.07 Å². The van der Waals surface area contributed by atoms with Gasteiger partial charge < -0.3 is 10.5 Å². The van der Waals surface area contributed by atoms with Crippen LogP contribution in [-0.4, -0.2) is 16.1 Å². The molecule has 4 nitrogen and oxygen atoms in total. The normalized spacial score (nSPS) is 10.7. The fourth-order valence-electron chi connectivity index (χ4n) is 1.61. The summed E-state index contributed by atoms with van der Waals surface area (Å²) in [4.78, 5) is 7.82. The first-order valence-electron chi connectivity index (χ1n) is 5.61. The van der Waals surface area contributed by atoms with Gasteiger partial charge >= 0.3 is 0 Å². The first kappa shape index (κ1) is 12.3. The molecule has 1 heterocycles. The predicted molar refractivity (Wildman–Crippen MR) is 67.6 cm³/mol. The number of hydrogen-bond donors (Lipinski definition) is 1. The molecule has 0 atom stereocenters. The van der Waals surface area contributed by atoms with E-state index in [-0.39, 0.29) is 6.10 Å². The van der Waals surface area contributed by atoms with Crippen LogP contribution in [0.25, 0.3) is 11.3 Å². The molecule has 0 fully saturated rings. The van der Waals surface area contributed by atoms with E-state index in [1.807, 2.05) is 13.8 Å². The third-order valence-corrected chi connectivity index (χ3v) is 2.28. The lowest BCUT2D eigenvalue weighted by Crippen LogP contribution is -2.07. The average Bonchev–Trinajstić information content (AvgIpc) is 2.28. The Morgan fingerprint density at radius 3 is 2.72 bits per heavy atom. The quantitative estimate of drug-likeness (QED) is 0.905. The van der Waals surface area contributed by atoms with E-state index in [0.717, 1.165) is 0 Å². The molecule has 0 aliphatic heterocycles. The summed E-state index contributed by atoms with van der Waals surface area (Å²) in [5.74, 6) is 0.341. The van der Waals surface area contributed by atoms with Gasteiger partial charge in [0.15, 0.2) is 0 Å². The number of nitrogen functional groups attached to an aromatic ring is 1. The number of benzene rings is 1. The van der Waals surface area contributed by atoms with Crippen LogP contribution in [0, 0.1) is 5.82 Å². The van der Waals surface area contributed by atoms with Gasteiger partial charge in [0.05, 0.1) is 17.4 Å². The average molecular weight is 247 g/mol. The second-order valence-corrected chi connectivity index (χ2v) is 4.11. The predicted octanol–water partition coefficient (Wildman–Crippen LogP) is 2.65. The summed E-state index contributed by atoms with van der Waals surface area (Å²) in [6.45, 7) is 3.76. The highest BCUT2D eigenvalue weighted by molar-refractivity contribution is 5.69. The molecule has 1 aromatic heterocycles. The van der Waals surface area contributed by atoms with Crippen LogP contribution in [0.15, 0.2) is 30.6 Å². The van der Waals surface area contributed by atoms with Gasteiger partial charge in [-0.25, -0.2) is 14.4 Å². The van der Waals surface area contributed by atoms with Gasteiger partial charge in [-0.15, -0.1) is 0 Å². The third kappa shape index (κ3) is 2.56. The minimum atomic E-state index is -0.397. The summed E-state index contributed by atoms with van der Waals surface area (Å²) in [6.07, 6.45) is 1.25. The van der Waals surface area contributed by atoms with Gasteiger partial charge in [0.1, 0.15) is 23.7 Å². The molecule has 0 saturated heterocycles. The number of ether oxygens (including phenoxy) is 1. The molecule has 0 saturated carbocycles. The SMILES string of the molecule is CC(C)Oc1cccc(F)c1-c1cc(N)ncn1. The molecule has 5 heteroatoms. The van der Waals surface area contributed by atoms with E-state index in [9.17, 15) is 4.39 Å². The van der Waals surface area contributed by atoms with E-state index in [4.69, 9.17) is 10.5 Å². The van der Waals surface area contributed by atoms with Crippen LogP contribution < -0.4 is 10.5 Å². The van der Waals surface area contributed by atoms with Crippen LogP contribution in [0.4, 0.5) is 10.2 Å². The third-order valence-electron chi connectivity index (χ3n) is 2.28. The van der Waals surface area contributed by atoms with Gasteiger partial charge in [0, 0.05) is 6.07 Å². The Kier molecular flexibility index (Phi) is 3.41. The molecule has 2 aromatic rings. The summed E-state index contributed by atoms with van der Waals surface area (Å²) in [7, 11) is 0. The monoisotopic (exact) mass is 247 g/mol. The molecule has 0 aliphatic rings. The highest BCUT2D eigenvalue weighted by Gasteiger charge is 2.14. The van der Waals surface area contributed by atoms with Gasteiger partial charge in [0.2, 0.25) is 0 Å². The van der Waals surface area contributed by atoms with Gasteiger partial charge in [-0.3, -0.25) is 0 Å². The minimum Gasteiger partial charge on any atom is -0.490 e. The Morgan fingerprint density at radius 1 is 1.28 bits per heavy atom. The maximum Gasteiger partial charge on any atom is 0.136 e. The lowest BCUT2D eigenvalue weighted by Gasteiger charge is -2.14. The molecular formula is C13H14FN3O. The Labute approximate surface area is 105 Å². The number of halogens is 1. The van der Waals surface area contributed by atoms with Crippen molar-refractivity contribution in [3.63, 3.8) is 0 Å². The Balaban J connectivity index is 2.55. The molecule has 0 aliphatic carbocycles. The van der Waals surface area contributed by atoms with Crippen LogP contribution in [0.1, 0.15) is 13.8 Å². The van der Waals surface area contributed by atoms with E-state index >= 15 is 0 Å². The number of rotatable bonds is 3. The number of nitrogens with two attached hydrogens (primary N) is 1. The van der Waals surface area contributed by atoms with Crippen molar-refractivity contribution in [3.05, 3.63) is 36.4 Å². The summed E-state index contributed by atoms with van der Waals surface area (Å²) in [5.41, 5.74) is 6.30. The van der Waals surface area contributed by atoms with Crippen molar-refractivity contribution in [2.75, 3.05) is 5.73 Å². The van der Waals surface area contributed by atoms with Crippen LogP contribution in [-0.2, 0) is 0 Å². The largest absolute Gasteiger partial charge is 0.490 e. The summed E-state index contributed by atoms with van der Waals surface area (Å²) < 4.78 is 19.5. The number of aromatic nitrogens is 2. The van der Waals surface area contributed by atoms with Gasteiger partial charge in [-0.2, -0.15) is 0 Å². The zero-order chi connectivity index (χ0) is 13.1. The first-order valence-corrected chi connectivity index (χ1v) is 5.61. The Hall–Kier alpha value is -2.17. The Morgan fingerprint density at radius 2 is 2.06 bits per heavy atom. The van der Waals surface area contributed by atoms with E-state index in [2.05, 4.69) is 9.97 Å². The molecule has 0 bridgehead atoms. The maximum absolute atomic E-state index is 13.9. The molecule has 0 spiro atoms. The van der Waals surface area contributed by atoms with E-state index < -0.39 is 5.82 Å². The van der Waals surface area contributed by atoms with E-state index in [0.29, 0.717) is 22.8 Å². The van der Waals surface area contributed by atoms with Crippen molar-refractivity contribution < 1.29 is 9.13 Å². The van der Waals surface area contributed by atoms with Crippen LogP contribution in [0.2, 0.25) is 0 Å². The van der Waals surface area contributed by atoms with E-state index in [1.54, 1.807) is 12.1 Å². The molecule has 94 valence electrons. The minimum absolute atomic E-state index is 0.0512. The molecule has 0 amide bonds. The van der Waals surface area contributed by atoms with Crippen molar-refractivity contribution in [2.24, 2.45) is 0 Å². The lowest BCUT2D eigenvalue weighted by molar-refractivity contribution is 0.242. The fraction of sp³-hybridized carbons (Fsp3) is 0.231. The van der Waals surface area contributed by atoms with Gasteiger partial charge in [-0.05, 0) is 26.0 Å². The second-order valence-electron chi connectivity index (χ2n) is 4.11. The molecule has 0 radical (unpaired) electrons. The van der Waals surface area contributed by atoms with Gasteiger partial charge in [0.25, 0.3) is 0 Å². The topological polar surface area (TPSA) is 61.0 Å². The summed E-state index contributed by atoms with van der Waals surface area (Å²) in [5, 5.41) is 0. The highest BCUT2D eigenvalue weighted by atomic mass is 19.1. The molecule has 2 rings (SSSR count).